The number of likely N-dealkylation sites (N-methyl/N-ethyl adjacent to an activating group) is 1. The fraction of sp³-hybridized carbons (Fsp3) is 0.167. The van der Waals surface area contributed by atoms with E-state index in [1.54, 1.807) is 18.2 Å². The van der Waals surface area contributed by atoms with Crippen LogP contribution in [0.2, 0.25) is 0 Å². The standard InChI is InChI=1S/C24H20BrFN2O6S2/c1-28-22(29)24(27-23(28)35,15-7-9-19(26)18(25)12-15)14-5-4-6-17(11-14)34-36(30,31)21-13-16(32-2)8-10-20(21)33-3/h4-13H,1-3H3,(H,27,35). The van der Waals surface area contributed by atoms with E-state index in [9.17, 15) is 17.6 Å². The van der Waals surface area contributed by atoms with E-state index < -0.39 is 27.4 Å². The lowest BCUT2D eigenvalue weighted by molar-refractivity contribution is -0.129. The van der Waals surface area contributed by atoms with E-state index in [1.807, 2.05) is 0 Å². The Kier molecular flexibility index (Phi) is 6.95. The molecule has 1 aliphatic heterocycles. The number of thiocarbonyl (C=S) groups is 1. The van der Waals surface area contributed by atoms with Crippen LogP contribution in [0.15, 0.2) is 70.0 Å². The number of hydrogen-bond donors (Lipinski definition) is 1. The zero-order chi connectivity index (χ0) is 26.3. The smallest absolute Gasteiger partial charge is 0.343 e. The van der Waals surface area contributed by atoms with Crippen molar-refractivity contribution in [1.82, 2.24) is 10.2 Å². The van der Waals surface area contributed by atoms with Crippen LogP contribution in [0.4, 0.5) is 4.39 Å². The number of carbonyl (C=O) groups is 1. The van der Waals surface area contributed by atoms with Gasteiger partial charge in [0.25, 0.3) is 5.91 Å². The molecule has 3 aromatic carbocycles. The van der Waals surface area contributed by atoms with Crippen molar-refractivity contribution >= 4 is 49.3 Å². The fourth-order valence-corrected chi connectivity index (χ4v) is 5.58. The number of methoxy groups -OCH3 is 2. The number of amides is 1. The third kappa shape index (κ3) is 4.40. The zero-order valence-electron chi connectivity index (χ0n) is 19.2. The van der Waals surface area contributed by atoms with Crippen molar-refractivity contribution in [2.45, 2.75) is 10.4 Å². The predicted octanol–water partition coefficient (Wildman–Crippen LogP) is 3.96. The van der Waals surface area contributed by atoms with Crippen molar-refractivity contribution in [2.24, 2.45) is 0 Å². The summed E-state index contributed by atoms with van der Waals surface area (Å²) in [7, 11) is -0.111. The van der Waals surface area contributed by atoms with E-state index in [4.69, 9.17) is 25.9 Å². The second-order valence-corrected chi connectivity index (χ2v) is 10.5. The van der Waals surface area contributed by atoms with Crippen molar-refractivity contribution in [3.05, 3.63) is 82.1 Å². The van der Waals surface area contributed by atoms with Gasteiger partial charge in [0.1, 0.15) is 23.1 Å². The highest BCUT2D eigenvalue weighted by atomic mass is 79.9. The van der Waals surface area contributed by atoms with Crippen LogP contribution in [-0.4, -0.2) is 45.6 Å². The van der Waals surface area contributed by atoms with Crippen LogP contribution in [0.5, 0.6) is 17.2 Å². The van der Waals surface area contributed by atoms with Crippen LogP contribution in [-0.2, 0) is 20.5 Å². The molecule has 1 heterocycles. The highest BCUT2D eigenvalue weighted by Crippen LogP contribution is 2.39. The van der Waals surface area contributed by atoms with Gasteiger partial charge in [0.15, 0.2) is 15.5 Å². The van der Waals surface area contributed by atoms with Gasteiger partial charge in [-0.25, -0.2) is 4.39 Å². The average Bonchev–Trinajstić information content (AvgIpc) is 3.09. The van der Waals surface area contributed by atoms with Gasteiger partial charge in [0.05, 0.1) is 18.7 Å². The summed E-state index contributed by atoms with van der Waals surface area (Å²) in [5, 5.41) is 3.18. The van der Waals surface area contributed by atoms with Gasteiger partial charge in [0, 0.05) is 13.1 Å². The first kappa shape index (κ1) is 25.9. The van der Waals surface area contributed by atoms with Crippen LogP contribution in [0.3, 0.4) is 0 Å². The Labute approximate surface area is 221 Å². The summed E-state index contributed by atoms with van der Waals surface area (Å²) in [4.78, 5) is 14.5. The van der Waals surface area contributed by atoms with Crippen molar-refractivity contribution in [1.29, 1.82) is 0 Å². The molecule has 1 saturated heterocycles. The number of nitrogens with one attached hydrogen (secondary N) is 1. The molecule has 0 aliphatic carbocycles. The molecule has 3 aromatic rings. The molecule has 0 saturated carbocycles. The molecule has 1 fully saturated rings. The fourth-order valence-electron chi connectivity index (χ4n) is 3.86. The summed E-state index contributed by atoms with van der Waals surface area (Å²) in [6, 6.07) is 14.4. The van der Waals surface area contributed by atoms with Gasteiger partial charge in [-0.15, -0.1) is 0 Å². The van der Waals surface area contributed by atoms with Gasteiger partial charge >= 0.3 is 10.1 Å². The molecule has 1 unspecified atom stereocenters. The lowest BCUT2D eigenvalue weighted by Gasteiger charge is -2.28. The molecule has 0 radical (unpaired) electrons. The highest BCUT2D eigenvalue weighted by molar-refractivity contribution is 9.10. The minimum atomic E-state index is -4.36. The van der Waals surface area contributed by atoms with E-state index in [2.05, 4.69) is 21.2 Å². The Morgan fingerprint density at radius 1 is 1.00 bits per heavy atom. The van der Waals surface area contributed by atoms with Crippen molar-refractivity contribution in [2.75, 3.05) is 21.3 Å². The van der Waals surface area contributed by atoms with Gasteiger partial charge in [-0.1, -0.05) is 18.2 Å². The number of hydrogen-bond acceptors (Lipinski definition) is 7. The normalized spacial score (nSPS) is 17.6. The molecule has 8 nitrogen and oxygen atoms in total. The Morgan fingerprint density at radius 2 is 1.72 bits per heavy atom. The average molecular weight is 595 g/mol. The minimum absolute atomic E-state index is 0.0620. The third-order valence-electron chi connectivity index (χ3n) is 5.69. The predicted molar refractivity (Wildman–Crippen MR) is 137 cm³/mol. The molecule has 0 bridgehead atoms. The number of nitrogens with zero attached hydrogens (tertiary/aromatic N) is 1. The molecule has 0 spiro atoms. The van der Waals surface area contributed by atoms with Crippen molar-refractivity contribution in [3.8, 4) is 17.2 Å². The molecule has 1 amide bonds. The Balaban J connectivity index is 1.82. The van der Waals surface area contributed by atoms with E-state index >= 15 is 0 Å². The number of carbonyl (C=O) groups excluding carboxylic acids is 1. The van der Waals surface area contributed by atoms with Gasteiger partial charge in [-0.3, -0.25) is 9.69 Å². The molecule has 36 heavy (non-hydrogen) atoms. The van der Waals surface area contributed by atoms with Gasteiger partial charge < -0.3 is 19.0 Å². The van der Waals surface area contributed by atoms with E-state index in [1.165, 1.54) is 68.6 Å². The van der Waals surface area contributed by atoms with Crippen molar-refractivity contribution in [3.63, 3.8) is 0 Å². The maximum atomic E-state index is 14.0. The van der Waals surface area contributed by atoms with E-state index in [-0.39, 0.29) is 26.0 Å². The maximum Gasteiger partial charge on any atom is 0.343 e. The molecule has 12 heteroatoms. The van der Waals surface area contributed by atoms with Crippen LogP contribution in [0.1, 0.15) is 11.1 Å². The van der Waals surface area contributed by atoms with Gasteiger partial charge in [0.2, 0.25) is 0 Å². The summed E-state index contributed by atoms with van der Waals surface area (Å²) in [6.07, 6.45) is 0. The molecule has 1 atom stereocenters. The molecule has 0 aromatic heterocycles. The molecule has 1 aliphatic rings. The lowest BCUT2D eigenvalue weighted by Crippen LogP contribution is -2.45. The maximum absolute atomic E-state index is 14.0. The summed E-state index contributed by atoms with van der Waals surface area (Å²) in [6.45, 7) is 0. The molecule has 1 N–H and O–H groups in total. The number of ether oxygens (including phenoxy) is 2. The minimum Gasteiger partial charge on any atom is -0.497 e. The first-order valence-corrected chi connectivity index (χ1v) is 13.0. The van der Waals surface area contributed by atoms with E-state index in [0.29, 0.717) is 16.9 Å². The summed E-state index contributed by atoms with van der Waals surface area (Å²) in [5.74, 6) is -0.636. The summed E-state index contributed by atoms with van der Waals surface area (Å²) in [5.41, 5.74) is -0.816. The lowest BCUT2D eigenvalue weighted by atomic mass is 9.82. The number of halogens is 2. The van der Waals surface area contributed by atoms with Gasteiger partial charge in [-0.2, -0.15) is 8.42 Å². The van der Waals surface area contributed by atoms with E-state index in [0.717, 1.165) is 0 Å². The SMILES string of the molecule is COc1ccc(OC)c(S(=O)(=O)Oc2cccc(C3(c4ccc(F)c(Br)c4)NC(=S)N(C)C3=O)c2)c1. The molecular formula is C24H20BrFN2O6S2. The van der Waals surface area contributed by atoms with Crippen molar-refractivity contribution < 1.29 is 31.3 Å². The first-order chi connectivity index (χ1) is 17.0. The van der Waals surface area contributed by atoms with Gasteiger partial charge in [-0.05, 0) is 75.7 Å². The second kappa shape index (κ2) is 9.68. The number of rotatable bonds is 7. The quantitative estimate of drug-likeness (QED) is 0.324. The molecule has 4 rings (SSSR count). The number of benzene rings is 3. The first-order valence-electron chi connectivity index (χ1n) is 10.4. The molecule has 188 valence electrons. The Bertz CT molecular complexity index is 1480. The van der Waals surface area contributed by atoms with Crippen LogP contribution < -0.4 is 19.0 Å². The third-order valence-corrected chi connectivity index (χ3v) is 7.94. The second-order valence-electron chi connectivity index (χ2n) is 7.76. The van der Waals surface area contributed by atoms with Crippen LogP contribution in [0.25, 0.3) is 0 Å². The van der Waals surface area contributed by atoms with Crippen LogP contribution in [0, 0.1) is 5.82 Å². The highest BCUT2D eigenvalue weighted by Gasteiger charge is 2.51. The largest absolute Gasteiger partial charge is 0.497 e. The Morgan fingerprint density at radius 3 is 2.33 bits per heavy atom. The van der Waals surface area contributed by atoms with Crippen LogP contribution >= 0.6 is 28.1 Å². The summed E-state index contributed by atoms with van der Waals surface area (Å²) >= 11 is 8.48. The Hall–Kier alpha value is -3.22. The zero-order valence-corrected chi connectivity index (χ0v) is 22.5. The molecular weight excluding hydrogens is 575 g/mol. The summed E-state index contributed by atoms with van der Waals surface area (Å²) < 4.78 is 56.2. The monoisotopic (exact) mass is 594 g/mol. The topological polar surface area (TPSA) is 94.2 Å².